The number of esters is 1. The van der Waals surface area contributed by atoms with Crippen molar-refractivity contribution in [3.05, 3.63) is 77.6 Å². The second-order valence-electron chi connectivity index (χ2n) is 6.21. The van der Waals surface area contributed by atoms with Gasteiger partial charge in [-0.05, 0) is 54.4 Å². The summed E-state index contributed by atoms with van der Waals surface area (Å²) in [5.74, 6) is -0.622. The van der Waals surface area contributed by atoms with Gasteiger partial charge in [-0.25, -0.2) is 13.2 Å². The molecule has 0 saturated heterocycles. The number of hydrogen-bond acceptors (Lipinski definition) is 5. The highest BCUT2D eigenvalue weighted by Gasteiger charge is 2.22. The Kier molecular flexibility index (Phi) is 5.71. The number of nitrogens with zero attached hydrogens (tertiary/aromatic N) is 2. The van der Waals surface area contributed by atoms with Crippen LogP contribution in [0.5, 0.6) is 0 Å². The molecule has 1 heterocycles. The number of carbonyl (C=O) groups excluding carboxylic acids is 1. The molecule has 7 nitrogen and oxygen atoms in total. The predicted octanol–water partition coefficient (Wildman–Crippen LogP) is 3.50. The third kappa shape index (κ3) is 4.15. The van der Waals surface area contributed by atoms with Crippen molar-refractivity contribution in [1.82, 2.24) is 4.57 Å². The van der Waals surface area contributed by atoms with Crippen molar-refractivity contribution in [1.29, 1.82) is 5.26 Å². The maximum atomic E-state index is 13.2. The molecule has 3 rings (SSSR count). The quantitative estimate of drug-likeness (QED) is 0.628. The average molecular weight is 409 g/mol. The number of nitrogens with one attached hydrogen (secondary N) is 1. The van der Waals surface area contributed by atoms with Crippen LogP contribution in [0.1, 0.15) is 28.4 Å². The number of methoxy groups -OCH3 is 1. The molecule has 0 unspecified atom stereocenters. The highest BCUT2D eigenvalue weighted by atomic mass is 32.2. The summed E-state index contributed by atoms with van der Waals surface area (Å²) in [5, 5.41) is 9.22. The van der Waals surface area contributed by atoms with E-state index >= 15 is 0 Å². The molecule has 0 amide bonds. The number of rotatable bonds is 6. The Morgan fingerprint density at radius 1 is 1.17 bits per heavy atom. The summed E-state index contributed by atoms with van der Waals surface area (Å²) in [6.45, 7) is 1.83. The number of anilines is 1. The summed E-state index contributed by atoms with van der Waals surface area (Å²) in [5.41, 5.74) is 1.84. The van der Waals surface area contributed by atoms with Crippen LogP contribution in [0.2, 0.25) is 0 Å². The first-order valence-corrected chi connectivity index (χ1v) is 10.3. The van der Waals surface area contributed by atoms with Crippen molar-refractivity contribution in [2.24, 2.45) is 0 Å². The van der Waals surface area contributed by atoms with Gasteiger partial charge >= 0.3 is 5.97 Å². The van der Waals surface area contributed by atoms with Crippen LogP contribution >= 0.6 is 0 Å². The fourth-order valence-corrected chi connectivity index (χ4v) is 4.35. The molecule has 0 spiro atoms. The summed E-state index contributed by atoms with van der Waals surface area (Å²) < 4.78 is 35.4. The van der Waals surface area contributed by atoms with E-state index < -0.39 is 16.0 Å². The van der Waals surface area contributed by atoms with Gasteiger partial charge in [0.1, 0.15) is 0 Å². The monoisotopic (exact) mass is 409 g/mol. The van der Waals surface area contributed by atoms with Crippen molar-refractivity contribution >= 4 is 21.7 Å². The molecule has 0 atom stereocenters. The lowest BCUT2D eigenvalue weighted by atomic mass is 10.1. The van der Waals surface area contributed by atoms with Gasteiger partial charge < -0.3 is 9.30 Å². The molecule has 29 heavy (non-hydrogen) atoms. The van der Waals surface area contributed by atoms with Crippen LogP contribution in [0.25, 0.3) is 5.69 Å². The lowest BCUT2D eigenvalue weighted by Gasteiger charge is -2.16. The second kappa shape index (κ2) is 8.20. The van der Waals surface area contributed by atoms with E-state index in [4.69, 9.17) is 4.74 Å². The summed E-state index contributed by atoms with van der Waals surface area (Å²) in [4.78, 5) is 11.9. The van der Waals surface area contributed by atoms with E-state index in [-0.39, 0.29) is 16.1 Å². The van der Waals surface area contributed by atoms with Gasteiger partial charge in [0.2, 0.25) is 0 Å². The number of ether oxygens (including phenoxy) is 1. The molecule has 8 heteroatoms. The molecule has 2 aromatic carbocycles. The standard InChI is InChI=1S/C21H19N3O4S/c1-3-16-7-8-17(21(25)28-2)13-20(16)29(26,27)23-18-12-15(14-22)6-9-19(18)24-10-4-5-11-24/h4-13,23H,3H2,1-2H3. The maximum absolute atomic E-state index is 13.2. The van der Waals surface area contributed by atoms with Gasteiger partial charge in [-0.15, -0.1) is 0 Å². The fraction of sp³-hybridized carbons (Fsp3) is 0.143. The van der Waals surface area contributed by atoms with Crippen molar-refractivity contribution in [2.75, 3.05) is 11.8 Å². The van der Waals surface area contributed by atoms with E-state index in [2.05, 4.69) is 4.72 Å². The Morgan fingerprint density at radius 2 is 1.90 bits per heavy atom. The SMILES string of the molecule is CCc1ccc(C(=O)OC)cc1S(=O)(=O)Nc1cc(C#N)ccc1-n1cccc1. The number of aromatic nitrogens is 1. The molecular weight excluding hydrogens is 390 g/mol. The minimum absolute atomic E-state index is 0.0104. The normalized spacial score (nSPS) is 10.9. The number of benzene rings is 2. The topological polar surface area (TPSA) is 101 Å². The van der Waals surface area contributed by atoms with Crippen LogP contribution in [0.3, 0.4) is 0 Å². The van der Waals surface area contributed by atoms with E-state index in [1.165, 1.54) is 25.3 Å². The first-order chi connectivity index (χ1) is 13.9. The van der Waals surface area contributed by atoms with Gasteiger partial charge in [0.15, 0.2) is 0 Å². The Hall–Kier alpha value is -3.57. The zero-order valence-electron chi connectivity index (χ0n) is 15.9. The molecule has 148 valence electrons. The fourth-order valence-electron chi connectivity index (χ4n) is 2.95. The first-order valence-electron chi connectivity index (χ1n) is 8.81. The smallest absolute Gasteiger partial charge is 0.337 e. The Balaban J connectivity index is 2.11. The molecule has 0 radical (unpaired) electrons. The van der Waals surface area contributed by atoms with E-state index in [1.807, 2.05) is 25.1 Å². The summed E-state index contributed by atoms with van der Waals surface area (Å²) in [7, 11) is -2.80. The zero-order valence-corrected chi connectivity index (χ0v) is 16.7. The average Bonchev–Trinajstić information content (AvgIpc) is 3.26. The van der Waals surface area contributed by atoms with E-state index in [1.54, 1.807) is 35.2 Å². The van der Waals surface area contributed by atoms with Crippen LogP contribution in [0.4, 0.5) is 5.69 Å². The van der Waals surface area contributed by atoms with Gasteiger partial charge in [-0.3, -0.25) is 4.72 Å². The van der Waals surface area contributed by atoms with Gasteiger partial charge in [-0.1, -0.05) is 13.0 Å². The molecule has 0 aliphatic rings. The third-order valence-electron chi connectivity index (χ3n) is 4.41. The molecule has 1 aromatic heterocycles. The van der Waals surface area contributed by atoms with Gasteiger partial charge in [-0.2, -0.15) is 5.26 Å². The number of aryl methyl sites for hydroxylation is 1. The van der Waals surface area contributed by atoms with Gasteiger partial charge in [0, 0.05) is 12.4 Å². The predicted molar refractivity (Wildman–Crippen MR) is 108 cm³/mol. The molecule has 3 aromatic rings. The minimum Gasteiger partial charge on any atom is -0.465 e. The summed E-state index contributed by atoms with van der Waals surface area (Å²) in [6, 6.07) is 14.8. The Bertz CT molecular complexity index is 1190. The van der Waals surface area contributed by atoms with Crippen LogP contribution in [-0.4, -0.2) is 26.1 Å². The van der Waals surface area contributed by atoms with Crippen molar-refractivity contribution < 1.29 is 17.9 Å². The summed E-state index contributed by atoms with van der Waals surface area (Å²) >= 11 is 0. The van der Waals surface area contributed by atoms with Gasteiger partial charge in [0.05, 0.1) is 40.6 Å². The number of nitriles is 1. The Morgan fingerprint density at radius 3 is 2.52 bits per heavy atom. The Labute approximate surface area is 169 Å². The molecular formula is C21H19N3O4S. The molecule has 0 fully saturated rings. The van der Waals surface area contributed by atoms with Crippen molar-refractivity contribution in [3.8, 4) is 11.8 Å². The lowest BCUT2D eigenvalue weighted by molar-refractivity contribution is 0.0600. The molecule has 1 N–H and O–H groups in total. The molecule has 0 aliphatic heterocycles. The maximum Gasteiger partial charge on any atom is 0.337 e. The first kappa shape index (κ1) is 20.2. The van der Waals surface area contributed by atoms with Gasteiger partial charge in [0.25, 0.3) is 10.0 Å². The van der Waals surface area contributed by atoms with E-state index in [0.29, 0.717) is 23.2 Å². The molecule has 0 aliphatic carbocycles. The third-order valence-corrected chi connectivity index (χ3v) is 5.86. The number of hydrogen-bond donors (Lipinski definition) is 1. The highest BCUT2D eigenvalue weighted by molar-refractivity contribution is 7.92. The number of carbonyl (C=O) groups is 1. The van der Waals surface area contributed by atoms with E-state index in [0.717, 1.165) is 0 Å². The zero-order chi connectivity index (χ0) is 21.0. The van der Waals surface area contributed by atoms with Crippen LogP contribution in [-0.2, 0) is 21.2 Å². The van der Waals surface area contributed by atoms with Crippen LogP contribution < -0.4 is 4.72 Å². The van der Waals surface area contributed by atoms with Crippen LogP contribution in [0, 0.1) is 11.3 Å². The van der Waals surface area contributed by atoms with Crippen molar-refractivity contribution in [3.63, 3.8) is 0 Å². The van der Waals surface area contributed by atoms with Crippen molar-refractivity contribution in [2.45, 2.75) is 18.2 Å². The largest absolute Gasteiger partial charge is 0.465 e. The minimum atomic E-state index is -4.04. The molecule has 0 bridgehead atoms. The lowest BCUT2D eigenvalue weighted by Crippen LogP contribution is -2.17. The summed E-state index contributed by atoms with van der Waals surface area (Å²) in [6.07, 6.45) is 4.00. The second-order valence-corrected chi connectivity index (χ2v) is 7.86. The number of sulfonamides is 1. The van der Waals surface area contributed by atoms with E-state index in [9.17, 15) is 18.5 Å². The highest BCUT2D eigenvalue weighted by Crippen LogP contribution is 2.27. The van der Waals surface area contributed by atoms with Crippen LogP contribution in [0.15, 0.2) is 65.8 Å². The molecule has 0 saturated carbocycles.